The van der Waals surface area contributed by atoms with Gasteiger partial charge in [-0.2, -0.15) is 17.5 Å². The van der Waals surface area contributed by atoms with Crippen molar-refractivity contribution in [2.45, 2.75) is 18.4 Å². The molecule has 1 aliphatic heterocycles. The first-order valence-electron chi connectivity index (χ1n) is 7.33. The average Bonchev–Trinajstić information content (AvgIpc) is 2.80. The Kier molecular flexibility index (Phi) is 3.92. The minimum Gasteiger partial charge on any atom is -0.187 e. The van der Waals surface area contributed by atoms with Crippen molar-refractivity contribution in [1.29, 1.82) is 0 Å². The normalized spacial score (nSPS) is 24.0. The fraction of sp³-hybridized carbons (Fsp3) is 0.167. The molecule has 118 valence electrons. The minimum absolute atomic E-state index is 0.236. The Balaban J connectivity index is 2.15. The molecule has 0 spiro atoms. The van der Waals surface area contributed by atoms with Crippen LogP contribution in [0.15, 0.2) is 77.7 Å². The van der Waals surface area contributed by atoms with E-state index in [9.17, 15) is 8.42 Å². The van der Waals surface area contributed by atoms with Crippen molar-refractivity contribution in [3.05, 3.63) is 84.4 Å². The number of benzene rings is 2. The van der Waals surface area contributed by atoms with Crippen LogP contribution in [0.1, 0.15) is 24.0 Å². The molecule has 2 aromatic carbocycles. The molecule has 0 amide bonds. The number of nitrogens with one attached hydrogen (secondary N) is 1. The van der Waals surface area contributed by atoms with Crippen LogP contribution in [0.5, 0.6) is 0 Å². The zero-order valence-electron chi connectivity index (χ0n) is 12.8. The van der Waals surface area contributed by atoms with Gasteiger partial charge in [0, 0.05) is 5.92 Å². The maximum atomic E-state index is 12.1. The molecule has 23 heavy (non-hydrogen) atoms. The second kappa shape index (κ2) is 5.76. The highest BCUT2D eigenvalue weighted by molar-refractivity contribution is 7.88. The molecule has 5 heteroatoms. The summed E-state index contributed by atoms with van der Waals surface area (Å²) in [5.41, 5.74) is 1.39. The molecule has 1 N–H and O–H groups in total. The van der Waals surface area contributed by atoms with Gasteiger partial charge < -0.3 is 0 Å². The summed E-state index contributed by atoms with van der Waals surface area (Å²) >= 11 is 0. The molecule has 2 aromatic rings. The maximum absolute atomic E-state index is 12.1. The first-order valence-corrected chi connectivity index (χ1v) is 8.77. The van der Waals surface area contributed by atoms with Crippen molar-refractivity contribution in [2.75, 3.05) is 0 Å². The Bertz CT molecular complexity index is 845. The molecule has 0 saturated heterocycles. The first kappa shape index (κ1) is 15.6. The average molecular weight is 326 g/mol. The van der Waals surface area contributed by atoms with Crippen molar-refractivity contribution in [1.82, 2.24) is 4.72 Å². The molecule has 1 heterocycles. The van der Waals surface area contributed by atoms with Crippen LogP contribution >= 0.6 is 0 Å². The third-order valence-corrected chi connectivity index (χ3v) is 5.21. The molecule has 1 aliphatic rings. The zero-order chi connectivity index (χ0) is 16.5. The molecule has 0 fully saturated rings. The number of rotatable bonds is 4. The highest BCUT2D eigenvalue weighted by atomic mass is 32.2. The fourth-order valence-corrected chi connectivity index (χ4v) is 4.42. The summed E-state index contributed by atoms with van der Waals surface area (Å²) in [6, 6.07) is 19.1. The highest BCUT2D eigenvalue weighted by Gasteiger charge is 2.47. The molecule has 0 saturated carbocycles. The van der Waals surface area contributed by atoms with Gasteiger partial charge in [0.25, 0.3) is 0 Å². The second-order valence-electron chi connectivity index (χ2n) is 5.71. The van der Waals surface area contributed by atoms with E-state index in [0.717, 1.165) is 11.1 Å². The summed E-state index contributed by atoms with van der Waals surface area (Å²) in [5, 5.41) is 0. The molecule has 4 nitrogen and oxygen atoms in total. The van der Waals surface area contributed by atoms with Gasteiger partial charge in [0.15, 0.2) is 0 Å². The maximum Gasteiger partial charge on any atom is 0.321 e. The van der Waals surface area contributed by atoms with Gasteiger partial charge in [-0.3, -0.25) is 0 Å². The number of nitrogens with zero attached hydrogens (tertiary/aromatic N) is 1. The Morgan fingerprint density at radius 3 is 2.22 bits per heavy atom. The van der Waals surface area contributed by atoms with Crippen LogP contribution < -0.4 is 4.72 Å². The molecule has 0 aliphatic carbocycles. The van der Waals surface area contributed by atoms with Crippen LogP contribution in [-0.4, -0.2) is 19.7 Å². The Morgan fingerprint density at radius 2 is 1.65 bits per heavy atom. The monoisotopic (exact) mass is 326 g/mol. The van der Waals surface area contributed by atoms with Crippen LogP contribution in [0.25, 0.3) is 0 Å². The van der Waals surface area contributed by atoms with Crippen LogP contribution in [0.4, 0.5) is 0 Å². The molecule has 0 aromatic heterocycles. The molecule has 0 bridgehead atoms. The molecule has 2 atom stereocenters. The number of hydrogen-bond donors (Lipinski definition) is 1. The van der Waals surface area contributed by atoms with Gasteiger partial charge in [-0.05, 0) is 18.1 Å². The van der Waals surface area contributed by atoms with Gasteiger partial charge in [0.1, 0.15) is 0 Å². The SMILES string of the molecule is C=C[C@H](c1ccccc1)[C@]1(C)NS(=O)(=O)N=C1c1ccccc1. The van der Waals surface area contributed by atoms with Gasteiger partial charge in [-0.25, -0.2) is 0 Å². The predicted molar refractivity (Wildman–Crippen MR) is 92.8 cm³/mol. The van der Waals surface area contributed by atoms with Crippen molar-refractivity contribution in [3.8, 4) is 0 Å². The summed E-state index contributed by atoms with van der Waals surface area (Å²) in [5.74, 6) is -0.236. The van der Waals surface area contributed by atoms with Gasteiger partial charge >= 0.3 is 10.2 Å². The van der Waals surface area contributed by atoms with E-state index in [2.05, 4.69) is 15.7 Å². The van der Waals surface area contributed by atoms with E-state index in [4.69, 9.17) is 0 Å². The van der Waals surface area contributed by atoms with E-state index in [1.807, 2.05) is 67.6 Å². The Labute approximate surface area is 136 Å². The van der Waals surface area contributed by atoms with Crippen LogP contribution in [0.2, 0.25) is 0 Å². The van der Waals surface area contributed by atoms with Crippen LogP contribution in [0.3, 0.4) is 0 Å². The van der Waals surface area contributed by atoms with E-state index in [0.29, 0.717) is 5.71 Å². The first-order chi connectivity index (χ1) is 11.0. The molecule has 0 radical (unpaired) electrons. The van der Waals surface area contributed by atoms with E-state index in [1.165, 1.54) is 0 Å². The van der Waals surface area contributed by atoms with E-state index in [1.54, 1.807) is 6.08 Å². The fourth-order valence-electron chi connectivity index (χ4n) is 3.08. The molecule has 0 unspecified atom stereocenters. The molecular weight excluding hydrogens is 308 g/mol. The summed E-state index contributed by atoms with van der Waals surface area (Å²) in [7, 11) is -3.72. The van der Waals surface area contributed by atoms with E-state index < -0.39 is 15.7 Å². The largest absolute Gasteiger partial charge is 0.321 e. The van der Waals surface area contributed by atoms with Gasteiger partial charge in [0.2, 0.25) is 0 Å². The quantitative estimate of drug-likeness (QED) is 0.878. The van der Waals surface area contributed by atoms with Crippen LogP contribution in [0, 0.1) is 0 Å². The third kappa shape index (κ3) is 2.85. The van der Waals surface area contributed by atoms with Crippen molar-refractivity contribution < 1.29 is 8.42 Å². The van der Waals surface area contributed by atoms with Crippen molar-refractivity contribution in [2.24, 2.45) is 4.40 Å². The lowest BCUT2D eigenvalue weighted by Crippen LogP contribution is -2.50. The Hall–Kier alpha value is -2.24. The van der Waals surface area contributed by atoms with E-state index >= 15 is 0 Å². The Morgan fingerprint density at radius 1 is 1.09 bits per heavy atom. The highest BCUT2D eigenvalue weighted by Crippen LogP contribution is 2.36. The second-order valence-corrected chi connectivity index (χ2v) is 7.05. The summed E-state index contributed by atoms with van der Waals surface area (Å²) in [6.07, 6.45) is 1.77. The summed E-state index contributed by atoms with van der Waals surface area (Å²) in [4.78, 5) is 0. The zero-order valence-corrected chi connectivity index (χ0v) is 13.6. The lowest BCUT2D eigenvalue weighted by molar-refractivity contribution is 0.502. The van der Waals surface area contributed by atoms with Gasteiger partial charge in [-0.15, -0.1) is 6.58 Å². The minimum atomic E-state index is -3.72. The topological polar surface area (TPSA) is 58.5 Å². The number of hydrogen-bond acceptors (Lipinski definition) is 2. The van der Waals surface area contributed by atoms with Gasteiger partial charge in [-0.1, -0.05) is 66.7 Å². The van der Waals surface area contributed by atoms with Crippen molar-refractivity contribution >= 4 is 15.9 Å². The lowest BCUT2D eigenvalue weighted by atomic mass is 9.76. The van der Waals surface area contributed by atoms with E-state index in [-0.39, 0.29) is 5.92 Å². The van der Waals surface area contributed by atoms with Gasteiger partial charge in [0.05, 0.1) is 11.3 Å². The predicted octanol–water partition coefficient (Wildman–Crippen LogP) is 3.05. The van der Waals surface area contributed by atoms with Crippen molar-refractivity contribution in [3.63, 3.8) is 0 Å². The summed E-state index contributed by atoms with van der Waals surface area (Å²) < 4.78 is 31.0. The molecule has 3 rings (SSSR count). The van der Waals surface area contributed by atoms with Crippen LogP contribution in [-0.2, 0) is 10.2 Å². The smallest absolute Gasteiger partial charge is 0.187 e. The molecular formula is C18H18N2O2S. The lowest BCUT2D eigenvalue weighted by Gasteiger charge is -2.33. The standard InChI is InChI=1S/C18H18N2O2S/c1-3-16(14-10-6-4-7-11-14)18(2)17(19-23(21,22)20-18)15-12-8-5-9-13-15/h3-13,16,20H,1H2,2H3/t16-,18+/m1/s1. The summed E-state index contributed by atoms with van der Waals surface area (Å²) in [6.45, 7) is 5.76. The third-order valence-electron chi connectivity index (χ3n) is 4.11.